The number of carbonyl (C=O) groups excluding carboxylic acids is 4. The smallest absolute Gasteiger partial charge is 0.408 e. The van der Waals surface area contributed by atoms with Gasteiger partial charge in [-0.2, -0.15) is 0 Å². The zero-order valence-corrected chi connectivity index (χ0v) is 33.1. The Morgan fingerprint density at radius 1 is 1.12 bits per heavy atom. The van der Waals surface area contributed by atoms with Crippen LogP contribution in [0.25, 0.3) is 10.8 Å². The number of fused-ring (bicyclic) bond motifs is 3. The lowest BCUT2D eigenvalue weighted by Crippen LogP contribution is -2.59. The molecule has 1 aromatic carbocycles. The summed E-state index contributed by atoms with van der Waals surface area (Å²) in [6.07, 6.45) is 3.33. The van der Waals surface area contributed by atoms with Crippen molar-refractivity contribution in [2.24, 2.45) is 17.8 Å². The van der Waals surface area contributed by atoms with E-state index >= 15 is 0 Å². The number of halogens is 2. The molecule has 2 aliphatic carbocycles. The standard InChI is InChI=1S/C39H51F2N5O9S/c1-6-23-17-22(2)11-7-8-12-24-19-39(24,36(49)45-56(51,52)26-15-16-26)44-32(47)29-18-25(54-33-28-14-10-9-13-27(28)30(53-5)20-42-33)21-46(29)34(48)31(23)43-37(50)55-38(3,4)35(40)41/h8-10,12-14,20,22-26,29,31,35H,6-7,11,15-19,21H2,1-5H3,(H,43,50)(H,44,47)(H,45,49)/b12-8-/t22-,23+,24+,25+,29-,31-,39+/m0/s1. The van der Waals surface area contributed by atoms with Crippen molar-refractivity contribution in [3.63, 3.8) is 0 Å². The van der Waals surface area contributed by atoms with Crippen LogP contribution in [-0.2, 0) is 29.1 Å². The number of benzene rings is 1. The molecule has 0 spiro atoms. The minimum absolute atomic E-state index is 0.0379. The lowest BCUT2D eigenvalue weighted by atomic mass is 9.85. The molecule has 4 amide bonds. The van der Waals surface area contributed by atoms with Crippen LogP contribution < -0.4 is 24.8 Å². The number of nitrogens with one attached hydrogen (secondary N) is 3. The predicted molar refractivity (Wildman–Crippen MR) is 201 cm³/mol. The van der Waals surface area contributed by atoms with Gasteiger partial charge >= 0.3 is 6.09 Å². The number of hydrogen-bond donors (Lipinski definition) is 3. The van der Waals surface area contributed by atoms with Crippen molar-refractivity contribution in [2.75, 3.05) is 13.7 Å². The molecule has 6 rings (SSSR count). The van der Waals surface area contributed by atoms with Crippen molar-refractivity contribution in [1.82, 2.24) is 25.2 Å². The van der Waals surface area contributed by atoms with Crippen LogP contribution >= 0.6 is 0 Å². The van der Waals surface area contributed by atoms with Crippen molar-refractivity contribution in [1.29, 1.82) is 0 Å². The lowest BCUT2D eigenvalue weighted by Gasteiger charge is -2.34. The summed E-state index contributed by atoms with van der Waals surface area (Å²) in [7, 11) is -2.43. The maximum absolute atomic E-state index is 14.9. The van der Waals surface area contributed by atoms with Gasteiger partial charge in [-0.15, -0.1) is 0 Å². The van der Waals surface area contributed by atoms with Gasteiger partial charge in [0.05, 0.1) is 25.1 Å². The van der Waals surface area contributed by atoms with E-state index in [2.05, 4.69) is 20.3 Å². The number of ether oxygens (including phenoxy) is 3. The van der Waals surface area contributed by atoms with Crippen LogP contribution in [0.2, 0.25) is 0 Å². The van der Waals surface area contributed by atoms with Crippen LogP contribution in [0.1, 0.15) is 79.1 Å². The van der Waals surface area contributed by atoms with Crippen molar-refractivity contribution in [3.05, 3.63) is 42.6 Å². The van der Waals surface area contributed by atoms with Crippen molar-refractivity contribution in [2.45, 2.75) is 120 Å². The van der Waals surface area contributed by atoms with Gasteiger partial charge in [0.2, 0.25) is 27.7 Å². The number of sulfonamides is 1. The maximum Gasteiger partial charge on any atom is 0.408 e. The van der Waals surface area contributed by atoms with Crippen LogP contribution in [0.3, 0.4) is 0 Å². The third kappa shape index (κ3) is 8.71. The first-order valence-corrected chi connectivity index (χ1v) is 20.8. The first-order chi connectivity index (χ1) is 26.5. The molecule has 3 fully saturated rings. The number of hydrogen-bond acceptors (Lipinski definition) is 10. The third-order valence-corrected chi connectivity index (χ3v) is 13.2. The second-order valence-electron chi connectivity index (χ2n) is 16.0. The molecule has 17 heteroatoms. The van der Waals surface area contributed by atoms with E-state index in [1.807, 2.05) is 38.1 Å². The van der Waals surface area contributed by atoms with Crippen LogP contribution in [0.4, 0.5) is 13.6 Å². The summed E-state index contributed by atoms with van der Waals surface area (Å²) in [6, 6.07) is 4.74. The fraction of sp³-hybridized carbons (Fsp3) is 0.615. The molecule has 3 heterocycles. The van der Waals surface area contributed by atoms with E-state index < -0.39 is 86.7 Å². The fourth-order valence-corrected chi connectivity index (χ4v) is 9.08. The molecule has 306 valence electrons. The molecule has 3 N–H and O–H groups in total. The van der Waals surface area contributed by atoms with Gasteiger partial charge in [-0.05, 0) is 70.3 Å². The highest BCUT2D eigenvalue weighted by atomic mass is 32.2. The Morgan fingerprint density at radius 2 is 1.84 bits per heavy atom. The Labute approximate surface area is 325 Å². The van der Waals surface area contributed by atoms with Gasteiger partial charge < -0.3 is 29.7 Å². The van der Waals surface area contributed by atoms with Crippen molar-refractivity contribution < 1.29 is 50.6 Å². The van der Waals surface area contributed by atoms with Crippen molar-refractivity contribution in [3.8, 4) is 11.6 Å². The predicted octanol–water partition coefficient (Wildman–Crippen LogP) is 4.62. The van der Waals surface area contributed by atoms with E-state index in [-0.39, 0.29) is 31.2 Å². The number of carbonyl (C=O) groups is 4. The average molecular weight is 804 g/mol. The number of methoxy groups -OCH3 is 1. The summed E-state index contributed by atoms with van der Waals surface area (Å²) in [5.74, 6) is -2.44. The Hall–Kier alpha value is -4.54. The molecule has 4 aliphatic rings. The lowest BCUT2D eigenvalue weighted by molar-refractivity contribution is -0.142. The molecule has 2 aromatic rings. The molecule has 0 radical (unpaired) electrons. The van der Waals surface area contributed by atoms with E-state index in [1.54, 1.807) is 12.1 Å². The van der Waals surface area contributed by atoms with Crippen LogP contribution in [-0.4, -0.2) is 96.8 Å². The SMILES string of the molecule is CC[C@@H]1C[C@@H](C)CC/C=C\[C@@H]2C[C@@]2(C(=O)NS(=O)(=O)C2CC2)NC(=O)[C@@H]2C[C@@H](Oc3ncc(OC)c4ccccc34)CN2C(=O)[C@H]1NC(=O)OC(C)(C)C(F)F. The molecule has 2 saturated carbocycles. The molecular weight excluding hydrogens is 753 g/mol. The number of pyridine rings is 1. The maximum atomic E-state index is 14.9. The number of alkyl carbamates (subject to hydrolysis) is 1. The highest BCUT2D eigenvalue weighted by Gasteiger charge is 2.62. The minimum Gasteiger partial charge on any atom is -0.494 e. The zero-order chi connectivity index (χ0) is 40.6. The summed E-state index contributed by atoms with van der Waals surface area (Å²) in [6.45, 7) is 5.85. The Kier molecular flexibility index (Phi) is 11.8. The summed E-state index contributed by atoms with van der Waals surface area (Å²) in [5.41, 5.74) is -3.74. The van der Waals surface area contributed by atoms with E-state index in [4.69, 9.17) is 14.2 Å². The van der Waals surface area contributed by atoms with Gasteiger partial charge in [-0.1, -0.05) is 50.6 Å². The molecule has 0 bridgehead atoms. The number of aromatic nitrogens is 1. The number of allylic oxidation sites excluding steroid dienone is 1. The molecule has 2 aliphatic heterocycles. The van der Waals surface area contributed by atoms with E-state index in [0.29, 0.717) is 49.7 Å². The largest absolute Gasteiger partial charge is 0.494 e. The summed E-state index contributed by atoms with van der Waals surface area (Å²) in [4.78, 5) is 62.1. The van der Waals surface area contributed by atoms with Crippen molar-refractivity contribution >= 4 is 44.6 Å². The van der Waals surface area contributed by atoms with Gasteiger partial charge in [0.15, 0.2) is 5.60 Å². The first kappa shape index (κ1) is 41.1. The van der Waals surface area contributed by atoms with Gasteiger partial charge in [0.1, 0.15) is 29.5 Å². The molecular formula is C39H51F2N5O9S. The molecule has 0 unspecified atom stereocenters. The second kappa shape index (κ2) is 16.1. The average Bonchev–Trinajstić information content (AvgIpc) is 4.08. The minimum atomic E-state index is -3.95. The molecule has 7 atom stereocenters. The Bertz CT molecular complexity index is 1980. The van der Waals surface area contributed by atoms with Gasteiger partial charge in [0, 0.05) is 23.1 Å². The number of amides is 4. The topological polar surface area (TPSA) is 182 Å². The molecule has 56 heavy (non-hydrogen) atoms. The zero-order valence-electron chi connectivity index (χ0n) is 32.3. The monoisotopic (exact) mass is 803 g/mol. The van der Waals surface area contributed by atoms with Crippen LogP contribution in [0.15, 0.2) is 42.6 Å². The molecule has 1 aromatic heterocycles. The molecule has 1 saturated heterocycles. The highest BCUT2D eigenvalue weighted by Crippen LogP contribution is 2.46. The first-order valence-electron chi connectivity index (χ1n) is 19.2. The van der Waals surface area contributed by atoms with Crippen LogP contribution in [0.5, 0.6) is 11.6 Å². The van der Waals surface area contributed by atoms with Gasteiger partial charge in [0.25, 0.3) is 12.3 Å². The Morgan fingerprint density at radius 3 is 2.50 bits per heavy atom. The fourth-order valence-electron chi connectivity index (χ4n) is 7.71. The van der Waals surface area contributed by atoms with Gasteiger partial charge in [-0.3, -0.25) is 19.1 Å². The van der Waals surface area contributed by atoms with Crippen LogP contribution in [0, 0.1) is 17.8 Å². The van der Waals surface area contributed by atoms with E-state index in [9.17, 15) is 36.4 Å². The number of rotatable bonds is 10. The molecule has 14 nitrogen and oxygen atoms in total. The van der Waals surface area contributed by atoms with E-state index in [0.717, 1.165) is 19.2 Å². The quantitative estimate of drug-likeness (QED) is 0.287. The normalized spacial score (nSPS) is 29.2. The number of nitrogens with zero attached hydrogens (tertiary/aromatic N) is 2. The van der Waals surface area contributed by atoms with E-state index in [1.165, 1.54) is 18.2 Å². The number of alkyl halides is 2. The van der Waals surface area contributed by atoms with Gasteiger partial charge in [-0.25, -0.2) is 27.0 Å². The third-order valence-electron chi connectivity index (χ3n) is 11.3. The Balaban J connectivity index is 1.36. The second-order valence-corrected chi connectivity index (χ2v) is 18.0. The highest BCUT2D eigenvalue weighted by molar-refractivity contribution is 7.91. The summed E-state index contributed by atoms with van der Waals surface area (Å²) < 4.78 is 72.4. The summed E-state index contributed by atoms with van der Waals surface area (Å²) in [5, 5.41) is 6.08. The summed E-state index contributed by atoms with van der Waals surface area (Å²) >= 11 is 0.